The van der Waals surface area contributed by atoms with Crippen molar-refractivity contribution in [2.45, 2.75) is 32.2 Å². The molecule has 0 aliphatic rings. The van der Waals surface area contributed by atoms with E-state index in [2.05, 4.69) is 40.0 Å². The van der Waals surface area contributed by atoms with Crippen LogP contribution in [-0.2, 0) is 12.8 Å². The van der Waals surface area contributed by atoms with E-state index in [0.717, 1.165) is 29.5 Å². The molecule has 2 rings (SSSR count). The predicted molar refractivity (Wildman–Crippen MR) is 89.5 cm³/mol. The van der Waals surface area contributed by atoms with Gasteiger partial charge in [-0.15, -0.1) is 0 Å². The Labute approximate surface area is 134 Å². The third kappa shape index (κ3) is 5.14. The molecule has 1 aromatic heterocycles. The average molecular weight is 349 g/mol. The first kappa shape index (κ1) is 16.0. The quantitative estimate of drug-likeness (QED) is 0.828. The molecule has 0 saturated carbocycles. The summed E-state index contributed by atoms with van der Waals surface area (Å²) in [6.45, 7) is 2.75. The van der Waals surface area contributed by atoms with E-state index < -0.39 is 0 Å². The van der Waals surface area contributed by atoms with Crippen LogP contribution in [0.4, 0.5) is 0 Å². The molecule has 2 N–H and O–H groups in total. The lowest BCUT2D eigenvalue weighted by molar-refractivity contribution is 0.321. The van der Waals surface area contributed by atoms with Crippen LogP contribution >= 0.6 is 15.9 Å². The van der Waals surface area contributed by atoms with Gasteiger partial charge < -0.3 is 10.5 Å². The molecule has 0 bridgehead atoms. The number of rotatable bonds is 7. The zero-order valence-corrected chi connectivity index (χ0v) is 13.8. The van der Waals surface area contributed by atoms with Gasteiger partial charge in [-0.2, -0.15) is 0 Å². The van der Waals surface area contributed by atoms with Crippen molar-refractivity contribution < 1.29 is 4.74 Å². The van der Waals surface area contributed by atoms with Crippen LogP contribution in [-0.4, -0.2) is 17.6 Å². The number of pyridine rings is 1. The molecule has 1 atom stereocenters. The number of hydrogen-bond donors (Lipinski definition) is 1. The van der Waals surface area contributed by atoms with Gasteiger partial charge in [0.2, 0.25) is 0 Å². The minimum Gasteiger partial charge on any atom is -0.493 e. The van der Waals surface area contributed by atoms with Gasteiger partial charge in [-0.05, 0) is 48.2 Å². The van der Waals surface area contributed by atoms with Gasteiger partial charge in [-0.25, -0.2) is 0 Å². The number of nitrogens with zero attached hydrogens (tertiary/aromatic N) is 1. The van der Waals surface area contributed by atoms with Gasteiger partial charge in [0.1, 0.15) is 5.75 Å². The summed E-state index contributed by atoms with van der Waals surface area (Å²) >= 11 is 3.57. The van der Waals surface area contributed by atoms with Crippen LogP contribution in [0.1, 0.15) is 24.5 Å². The van der Waals surface area contributed by atoms with E-state index in [1.54, 1.807) is 6.20 Å². The summed E-state index contributed by atoms with van der Waals surface area (Å²) in [4.78, 5) is 4.10. The lowest BCUT2D eigenvalue weighted by Crippen LogP contribution is -2.21. The number of ether oxygens (including phenoxy) is 1. The molecule has 0 saturated heterocycles. The van der Waals surface area contributed by atoms with Crippen molar-refractivity contribution in [2.75, 3.05) is 6.61 Å². The zero-order chi connectivity index (χ0) is 15.1. The van der Waals surface area contributed by atoms with Crippen LogP contribution in [0.15, 0.2) is 47.2 Å². The maximum Gasteiger partial charge on any atom is 0.119 e. The number of halogens is 1. The van der Waals surface area contributed by atoms with Crippen LogP contribution in [0.3, 0.4) is 0 Å². The van der Waals surface area contributed by atoms with E-state index in [1.165, 1.54) is 11.1 Å². The van der Waals surface area contributed by atoms with Crippen molar-refractivity contribution in [3.63, 3.8) is 0 Å². The average Bonchev–Trinajstić information content (AvgIpc) is 2.51. The molecule has 21 heavy (non-hydrogen) atoms. The molecule has 0 fully saturated rings. The van der Waals surface area contributed by atoms with E-state index in [9.17, 15) is 0 Å². The van der Waals surface area contributed by atoms with Crippen molar-refractivity contribution in [1.82, 2.24) is 4.98 Å². The van der Waals surface area contributed by atoms with Crippen molar-refractivity contribution in [1.29, 1.82) is 0 Å². The van der Waals surface area contributed by atoms with Crippen molar-refractivity contribution >= 4 is 15.9 Å². The van der Waals surface area contributed by atoms with E-state index in [0.29, 0.717) is 6.61 Å². The summed E-state index contributed by atoms with van der Waals surface area (Å²) in [6, 6.07) is 10.3. The van der Waals surface area contributed by atoms with E-state index in [4.69, 9.17) is 10.5 Å². The van der Waals surface area contributed by atoms with Gasteiger partial charge >= 0.3 is 0 Å². The number of benzene rings is 1. The third-order valence-corrected chi connectivity index (χ3v) is 4.18. The van der Waals surface area contributed by atoms with Gasteiger partial charge in [0.05, 0.1) is 6.61 Å². The van der Waals surface area contributed by atoms with Crippen molar-refractivity contribution in [3.8, 4) is 5.75 Å². The summed E-state index contributed by atoms with van der Waals surface area (Å²) < 4.78 is 6.92. The maximum atomic E-state index is 6.03. The first-order valence-corrected chi connectivity index (χ1v) is 8.04. The minimum atomic E-state index is 0.187. The second kappa shape index (κ2) is 8.15. The van der Waals surface area contributed by atoms with E-state index in [-0.39, 0.29) is 6.04 Å². The molecule has 1 aromatic carbocycles. The fraction of sp³-hybridized carbons (Fsp3) is 0.353. The minimum absolute atomic E-state index is 0.187. The highest BCUT2D eigenvalue weighted by molar-refractivity contribution is 9.10. The first-order valence-electron chi connectivity index (χ1n) is 7.24. The van der Waals surface area contributed by atoms with E-state index >= 15 is 0 Å². The Morgan fingerprint density at radius 1 is 1.33 bits per heavy atom. The standard InChI is InChI=1S/C17H21BrN2O/c1-2-15(19)10-14-11-16(5-6-17(14)18)21-9-7-13-4-3-8-20-12-13/h3-6,8,11-12,15H,2,7,9-10,19H2,1H3. The number of nitrogens with two attached hydrogens (primary N) is 1. The van der Waals surface area contributed by atoms with Gasteiger partial charge in [0.25, 0.3) is 0 Å². The van der Waals surface area contributed by atoms with Crippen LogP contribution in [0.25, 0.3) is 0 Å². The van der Waals surface area contributed by atoms with Gasteiger partial charge in [0, 0.05) is 29.3 Å². The summed E-state index contributed by atoms with van der Waals surface area (Å²) in [5, 5.41) is 0. The highest BCUT2D eigenvalue weighted by Gasteiger charge is 2.07. The zero-order valence-electron chi connectivity index (χ0n) is 12.3. The molecule has 3 nitrogen and oxygen atoms in total. The first-order chi connectivity index (χ1) is 10.2. The molecule has 0 aliphatic carbocycles. The maximum absolute atomic E-state index is 6.03. The molecule has 112 valence electrons. The molecule has 0 radical (unpaired) electrons. The highest BCUT2D eigenvalue weighted by atomic mass is 79.9. The molecular weight excluding hydrogens is 328 g/mol. The molecule has 1 heterocycles. The van der Waals surface area contributed by atoms with Gasteiger partial charge in [0.15, 0.2) is 0 Å². The van der Waals surface area contributed by atoms with Gasteiger partial charge in [-0.3, -0.25) is 4.98 Å². The molecule has 0 aliphatic heterocycles. The summed E-state index contributed by atoms with van der Waals surface area (Å²) in [7, 11) is 0. The monoisotopic (exact) mass is 348 g/mol. The van der Waals surface area contributed by atoms with Crippen LogP contribution in [0.5, 0.6) is 5.75 Å². The SMILES string of the molecule is CCC(N)Cc1cc(OCCc2cccnc2)ccc1Br. The van der Waals surface area contributed by atoms with Gasteiger partial charge in [-0.1, -0.05) is 28.9 Å². The Morgan fingerprint density at radius 3 is 2.90 bits per heavy atom. The summed E-state index contributed by atoms with van der Waals surface area (Å²) in [6.07, 6.45) is 6.34. The predicted octanol–water partition coefficient (Wildman–Crippen LogP) is 3.75. The Hall–Kier alpha value is -1.39. The largest absolute Gasteiger partial charge is 0.493 e. The second-order valence-corrected chi connectivity index (χ2v) is 5.94. The molecule has 4 heteroatoms. The molecular formula is C17H21BrN2O. The Kier molecular flexibility index (Phi) is 6.21. The fourth-order valence-corrected chi connectivity index (χ4v) is 2.47. The summed E-state index contributed by atoms with van der Waals surface area (Å²) in [5.74, 6) is 0.889. The van der Waals surface area contributed by atoms with Crippen molar-refractivity contribution in [2.24, 2.45) is 5.73 Å². The second-order valence-electron chi connectivity index (χ2n) is 5.09. The normalized spacial score (nSPS) is 12.1. The molecule has 1 unspecified atom stereocenters. The van der Waals surface area contributed by atoms with Crippen molar-refractivity contribution in [3.05, 3.63) is 58.3 Å². The lowest BCUT2D eigenvalue weighted by atomic mass is 10.0. The summed E-state index contributed by atoms with van der Waals surface area (Å²) in [5.41, 5.74) is 8.41. The number of hydrogen-bond acceptors (Lipinski definition) is 3. The smallest absolute Gasteiger partial charge is 0.119 e. The number of aromatic nitrogens is 1. The molecule has 2 aromatic rings. The molecule has 0 amide bonds. The topological polar surface area (TPSA) is 48.1 Å². The third-order valence-electron chi connectivity index (χ3n) is 3.41. The Balaban J connectivity index is 1.92. The Morgan fingerprint density at radius 2 is 2.19 bits per heavy atom. The fourth-order valence-electron chi connectivity index (χ4n) is 2.06. The highest BCUT2D eigenvalue weighted by Crippen LogP contribution is 2.24. The molecule has 0 spiro atoms. The van der Waals surface area contributed by atoms with Crippen LogP contribution in [0.2, 0.25) is 0 Å². The van der Waals surface area contributed by atoms with Crippen LogP contribution in [0, 0.1) is 0 Å². The Bertz CT molecular complexity index is 560. The lowest BCUT2D eigenvalue weighted by Gasteiger charge is -2.13. The van der Waals surface area contributed by atoms with Crippen LogP contribution < -0.4 is 10.5 Å². The van der Waals surface area contributed by atoms with E-state index in [1.807, 2.05) is 24.4 Å².